The maximum absolute atomic E-state index is 13.0. The lowest BCUT2D eigenvalue weighted by Gasteiger charge is -2.26. The summed E-state index contributed by atoms with van der Waals surface area (Å²) in [6.07, 6.45) is 1.35. The molecule has 0 spiro atoms. The number of hydrogen-bond donors (Lipinski definition) is 2. The number of urea groups is 1. The van der Waals surface area contributed by atoms with Crippen LogP contribution in [0.4, 0.5) is 10.5 Å². The Kier molecular flexibility index (Phi) is 7.03. The molecule has 1 aliphatic rings. The summed E-state index contributed by atoms with van der Waals surface area (Å²) in [6, 6.07) is 16.3. The van der Waals surface area contributed by atoms with E-state index in [0.717, 1.165) is 10.5 Å². The third kappa shape index (κ3) is 5.21. The van der Waals surface area contributed by atoms with E-state index in [2.05, 4.69) is 5.32 Å². The van der Waals surface area contributed by atoms with E-state index < -0.39 is 23.8 Å². The first kappa shape index (κ1) is 24.5. The molecule has 182 valence electrons. The van der Waals surface area contributed by atoms with Crippen molar-refractivity contribution in [1.29, 1.82) is 0 Å². The molecule has 0 atom stereocenters. The lowest BCUT2D eigenvalue weighted by Crippen LogP contribution is -2.54. The number of aromatic carboxylic acids is 1. The van der Waals surface area contributed by atoms with Gasteiger partial charge in [-0.05, 0) is 65.7 Å². The number of anilines is 1. The van der Waals surface area contributed by atoms with Gasteiger partial charge in [-0.2, -0.15) is 0 Å². The minimum Gasteiger partial charge on any atom is -0.493 e. The fourth-order valence-corrected chi connectivity index (χ4v) is 3.57. The number of rotatable bonds is 7. The number of nitrogens with zero attached hydrogens (tertiary/aromatic N) is 1. The Balaban J connectivity index is 1.55. The number of carbonyl (C=O) groups excluding carboxylic acids is 3. The van der Waals surface area contributed by atoms with Crippen LogP contribution in [0.15, 0.2) is 72.3 Å². The molecule has 9 nitrogen and oxygen atoms in total. The maximum Gasteiger partial charge on any atom is 0.335 e. The Morgan fingerprint density at radius 1 is 1.00 bits per heavy atom. The number of methoxy groups -OCH3 is 1. The summed E-state index contributed by atoms with van der Waals surface area (Å²) in [5.41, 5.74) is 1.42. The second kappa shape index (κ2) is 10.3. The van der Waals surface area contributed by atoms with Crippen molar-refractivity contribution in [3.8, 4) is 11.5 Å². The third-order valence-electron chi connectivity index (χ3n) is 5.28. The number of carboxylic acid groups (broad SMARTS) is 1. The quantitative estimate of drug-likeness (QED) is 0.362. The van der Waals surface area contributed by atoms with Crippen LogP contribution < -0.4 is 19.7 Å². The summed E-state index contributed by atoms with van der Waals surface area (Å²) < 4.78 is 11.2. The molecular formula is C26H19ClN2O7. The zero-order valence-corrected chi connectivity index (χ0v) is 19.6. The molecule has 0 unspecified atom stereocenters. The molecule has 1 fully saturated rings. The molecule has 3 aromatic rings. The van der Waals surface area contributed by atoms with Crippen molar-refractivity contribution in [3.63, 3.8) is 0 Å². The summed E-state index contributed by atoms with van der Waals surface area (Å²) in [4.78, 5) is 49.6. The molecule has 4 rings (SSSR count). The fourth-order valence-electron chi connectivity index (χ4n) is 3.45. The molecule has 0 bridgehead atoms. The van der Waals surface area contributed by atoms with E-state index in [4.69, 9.17) is 26.2 Å². The first-order valence-corrected chi connectivity index (χ1v) is 10.9. The molecule has 3 aromatic carbocycles. The number of barbiturate groups is 1. The summed E-state index contributed by atoms with van der Waals surface area (Å²) in [6.45, 7) is 0.162. The van der Waals surface area contributed by atoms with Crippen LogP contribution in [0, 0.1) is 0 Å². The minimum atomic E-state index is -1.01. The Morgan fingerprint density at radius 2 is 1.69 bits per heavy atom. The van der Waals surface area contributed by atoms with Gasteiger partial charge < -0.3 is 14.6 Å². The van der Waals surface area contributed by atoms with E-state index in [9.17, 15) is 19.2 Å². The largest absolute Gasteiger partial charge is 0.493 e. The van der Waals surface area contributed by atoms with Crippen molar-refractivity contribution in [1.82, 2.24) is 5.32 Å². The molecule has 4 amide bonds. The predicted molar refractivity (Wildman–Crippen MR) is 131 cm³/mol. The number of carbonyl (C=O) groups is 4. The Morgan fingerprint density at radius 3 is 2.33 bits per heavy atom. The number of nitrogens with one attached hydrogen (secondary N) is 1. The highest BCUT2D eigenvalue weighted by Gasteiger charge is 2.36. The lowest BCUT2D eigenvalue weighted by molar-refractivity contribution is -0.122. The van der Waals surface area contributed by atoms with Gasteiger partial charge in [-0.1, -0.05) is 29.8 Å². The number of benzene rings is 3. The van der Waals surface area contributed by atoms with Gasteiger partial charge in [-0.3, -0.25) is 14.9 Å². The van der Waals surface area contributed by atoms with Crippen molar-refractivity contribution in [2.45, 2.75) is 6.61 Å². The van der Waals surface area contributed by atoms with Crippen LogP contribution in [-0.4, -0.2) is 36.0 Å². The van der Waals surface area contributed by atoms with Crippen molar-refractivity contribution in [2.24, 2.45) is 0 Å². The van der Waals surface area contributed by atoms with Gasteiger partial charge in [-0.25, -0.2) is 14.5 Å². The lowest BCUT2D eigenvalue weighted by atomic mass is 10.1. The molecule has 36 heavy (non-hydrogen) atoms. The van der Waals surface area contributed by atoms with E-state index in [1.807, 2.05) is 0 Å². The molecule has 0 saturated carbocycles. The first-order chi connectivity index (χ1) is 17.3. The number of amides is 4. The SMILES string of the molecule is COc1cc(/C=C2/C(=O)NC(=O)N(c3ccc(Cl)cc3)C2=O)ccc1OCc1ccc(C(=O)O)cc1. The number of ether oxygens (including phenoxy) is 2. The van der Waals surface area contributed by atoms with Crippen LogP contribution in [0.2, 0.25) is 5.02 Å². The summed E-state index contributed by atoms with van der Waals surface area (Å²) in [5.74, 6) is -1.87. The second-order valence-electron chi connectivity index (χ2n) is 7.64. The molecule has 0 aliphatic carbocycles. The third-order valence-corrected chi connectivity index (χ3v) is 5.53. The van der Waals surface area contributed by atoms with E-state index in [0.29, 0.717) is 22.1 Å². The Labute approximate surface area is 210 Å². The van der Waals surface area contributed by atoms with Crippen LogP contribution in [0.3, 0.4) is 0 Å². The standard InChI is InChI=1S/C26H19ClN2O7/c1-35-22-13-16(4-11-21(22)36-14-15-2-5-17(6-3-15)25(32)33)12-20-23(30)28-26(34)29(24(20)31)19-9-7-18(27)8-10-19/h2-13H,14H2,1H3,(H,32,33)(H,28,30,34)/b20-12-. The van der Waals surface area contributed by atoms with Gasteiger partial charge in [0.1, 0.15) is 12.2 Å². The Bertz CT molecular complexity index is 1380. The fraction of sp³-hybridized carbons (Fsp3) is 0.0769. The first-order valence-electron chi connectivity index (χ1n) is 10.6. The predicted octanol–water partition coefficient (Wildman–Crippen LogP) is 4.29. The highest BCUT2D eigenvalue weighted by Crippen LogP contribution is 2.31. The molecular weight excluding hydrogens is 488 g/mol. The zero-order valence-electron chi connectivity index (χ0n) is 18.9. The molecule has 0 aromatic heterocycles. The molecule has 10 heteroatoms. The average molecular weight is 507 g/mol. The molecule has 0 radical (unpaired) electrons. The van der Waals surface area contributed by atoms with E-state index in [1.54, 1.807) is 30.3 Å². The van der Waals surface area contributed by atoms with Crippen LogP contribution in [-0.2, 0) is 16.2 Å². The van der Waals surface area contributed by atoms with Crippen LogP contribution in [0.25, 0.3) is 6.08 Å². The highest BCUT2D eigenvalue weighted by atomic mass is 35.5. The molecule has 1 saturated heterocycles. The van der Waals surface area contributed by atoms with Gasteiger partial charge >= 0.3 is 12.0 Å². The van der Waals surface area contributed by atoms with Crippen molar-refractivity contribution in [2.75, 3.05) is 12.0 Å². The van der Waals surface area contributed by atoms with Gasteiger partial charge in [0.15, 0.2) is 11.5 Å². The second-order valence-corrected chi connectivity index (χ2v) is 8.07. The van der Waals surface area contributed by atoms with E-state index in [1.165, 1.54) is 49.6 Å². The van der Waals surface area contributed by atoms with Crippen LogP contribution in [0.5, 0.6) is 11.5 Å². The maximum atomic E-state index is 13.0. The van der Waals surface area contributed by atoms with Gasteiger partial charge in [0, 0.05) is 5.02 Å². The minimum absolute atomic E-state index is 0.162. The van der Waals surface area contributed by atoms with Gasteiger partial charge in [0.25, 0.3) is 11.8 Å². The number of imide groups is 2. The van der Waals surface area contributed by atoms with Crippen molar-refractivity contribution >= 4 is 47.2 Å². The summed E-state index contributed by atoms with van der Waals surface area (Å²) in [5, 5.41) is 11.6. The number of carboxylic acids is 1. The number of halogens is 1. The van der Waals surface area contributed by atoms with E-state index >= 15 is 0 Å². The van der Waals surface area contributed by atoms with Gasteiger partial charge in [-0.15, -0.1) is 0 Å². The highest BCUT2D eigenvalue weighted by molar-refractivity contribution is 6.39. The summed E-state index contributed by atoms with van der Waals surface area (Å²) in [7, 11) is 1.44. The Hall–Kier alpha value is -4.63. The van der Waals surface area contributed by atoms with Crippen molar-refractivity contribution in [3.05, 3.63) is 94.0 Å². The van der Waals surface area contributed by atoms with Gasteiger partial charge in [0.05, 0.1) is 18.4 Å². The monoisotopic (exact) mass is 506 g/mol. The number of hydrogen-bond acceptors (Lipinski definition) is 6. The average Bonchev–Trinajstić information content (AvgIpc) is 2.86. The van der Waals surface area contributed by atoms with Crippen LogP contribution >= 0.6 is 11.6 Å². The normalized spacial score (nSPS) is 14.6. The molecule has 2 N–H and O–H groups in total. The van der Waals surface area contributed by atoms with Crippen LogP contribution in [0.1, 0.15) is 21.5 Å². The summed E-state index contributed by atoms with van der Waals surface area (Å²) >= 11 is 5.89. The topological polar surface area (TPSA) is 122 Å². The molecule has 1 aliphatic heterocycles. The van der Waals surface area contributed by atoms with E-state index in [-0.39, 0.29) is 23.4 Å². The van der Waals surface area contributed by atoms with Gasteiger partial charge in [0.2, 0.25) is 0 Å². The molecule has 1 heterocycles. The smallest absolute Gasteiger partial charge is 0.335 e. The van der Waals surface area contributed by atoms with Crippen molar-refractivity contribution < 1.29 is 33.8 Å². The zero-order chi connectivity index (χ0) is 25.8.